The van der Waals surface area contributed by atoms with E-state index in [1.165, 1.54) is 50.3 Å². The maximum Gasteiger partial charge on any atom is 0.132 e. The van der Waals surface area contributed by atoms with Crippen molar-refractivity contribution >= 4 is 11.8 Å². The van der Waals surface area contributed by atoms with Crippen LogP contribution in [0.4, 0.5) is 0 Å². The van der Waals surface area contributed by atoms with Gasteiger partial charge in [-0.25, -0.2) is 0 Å². The number of ether oxygens (including phenoxy) is 1. The van der Waals surface area contributed by atoms with Crippen molar-refractivity contribution in [3.63, 3.8) is 0 Å². The molecular weight excluding hydrogens is 304 g/mol. The van der Waals surface area contributed by atoms with E-state index in [1.54, 1.807) is 0 Å². The fourth-order valence-corrected chi connectivity index (χ4v) is 3.82. The molecule has 0 bridgehead atoms. The Labute approximate surface area is 138 Å². The monoisotopic (exact) mass is 336 g/mol. The molecule has 4 N–H and O–H groups in total. The highest BCUT2D eigenvalue weighted by Crippen LogP contribution is 2.29. The van der Waals surface area contributed by atoms with Crippen LogP contribution in [0, 0.1) is 0 Å². The Kier molecular flexibility index (Phi) is 10.7. The van der Waals surface area contributed by atoms with Gasteiger partial charge < -0.3 is 25.2 Å². The molecule has 132 valence electrons. The molecule has 0 aromatic heterocycles. The molecule has 22 heavy (non-hydrogen) atoms. The first-order valence-corrected chi connectivity index (χ1v) is 9.58. The van der Waals surface area contributed by atoms with Gasteiger partial charge in [0.25, 0.3) is 0 Å². The van der Waals surface area contributed by atoms with Crippen LogP contribution in [0.2, 0.25) is 0 Å². The van der Waals surface area contributed by atoms with Gasteiger partial charge in [-0.05, 0) is 12.2 Å². The predicted molar refractivity (Wildman–Crippen MR) is 88.8 cm³/mol. The lowest BCUT2D eigenvalue weighted by molar-refractivity contribution is -0.205. The van der Waals surface area contributed by atoms with E-state index in [0.717, 1.165) is 18.6 Å². The maximum atomic E-state index is 9.91. The molecular formula is C16H32O5S. The number of unbranched alkanes of at least 4 members (excludes halogenated alkanes) is 7. The van der Waals surface area contributed by atoms with E-state index in [1.807, 2.05) is 0 Å². The van der Waals surface area contributed by atoms with Crippen LogP contribution in [0.25, 0.3) is 0 Å². The van der Waals surface area contributed by atoms with Gasteiger partial charge in [0.15, 0.2) is 0 Å². The molecule has 6 heteroatoms. The second-order valence-corrected chi connectivity index (χ2v) is 7.25. The van der Waals surface area contributed by atoms with Crippen LogP contribution in [0.15, 0.2) is 0 Å². The van der Waals surface area contributed by atoms with Gasteiger partial charge in [-0.1, -0.05) is 51.9 Å². The lowest BCUT2D eigenvalue weighted by Crippen LogP contribution is -2.57. The van der Waals surface area contributed by atoms with Crippen LogP contribution in [0.3, 0.4) is 0 Å². The molecule has 0 unspecified atom stereocenters. The lowest BCUT2D eigenvalue weighted by atomic mass is 10.0. The first-order valence-electron chi connectivity index (χ1n) is 8.54. The quantitative estimate of drug-likeness (QED) is 0.429. The van der Waals surface area contributed by atoms with Crippen molar-refractivity contribution in [2.24, 2.45) is 0 Å². The highest BCUT2D eigenvalue weighted by atomic mass is 32.2. The normalized spacial score (nSPS) is 32.3. The van der Waals surface area contributed by atoms with Gasteiger partial charge in [0, 0.05) is 0 Å². The Morgan fingerprint density at radius 2 is 1.41 bits per heavy atom. The van der Waals surface area contributed by atoms with E-state index in [0.29, 0.717) is 0 Å². The molecule has 5 atom stereocenters. The lowest BCUT2D eigenvalue weighted by Gasteiger charge is -2.39. The first kappa shape index (κ1) is 20.2. The van der Waals surface area contributed by atoms with E-state index in [2.05, 4.69) is 6.92 Å². The minimum atomic E-state index is -1.26. The second-order valence-electron chi connectivity index (χ2n) is 6.04. The zero-order chi connectivity index (χ0) is 16.4. The molecule has 0 amide bonds. The summed E-state index contributed by atoms with van der Waals surface area (Å²) in [6, 6.07) is 0. The molecule has 0 saturated carbocycles. The molecule has 1 rings (SSSR count). The van der Waals surface area contributed by atoms with Crippen molar-refractivity contribution in [3.8, 4) is 0 Å². The molecule has 1 heterocycles. The molecule has 1 aliphatic heterocycles. The number of aliphatic hydroxyl groups excluding tert-OH is 4. The van der Waals surface area contributed by atoms with E-state index in [-0.39, 0.29) is 6.61 Å². The SMILES string of the molecule is CCCCCCCCCCS[C@H]1O[C@H](CO)[C@@H](O)[C@H](O)[C@@H]1O. The largest absolute Gasteiger partial charge is 0.394 e. The molecule has 0 aromatic carbocycles. The topological polar surface area (TPSA) is 90.2 Å². The van der Waals surface area contributed by atoms with Gasteiger partial charge in [-0.3, -0.25) is 0 Å². The van der Waals surface area contributed by atoms with Gasteiger partial charge in [-0.15, -0.1) is 11.8 Å². The summed E-state index contributed by atoms with van der Waals surface area (Å²) in [4.78, 5) is 0. The molecule has 0 aliphatic carbocycles. The number of hydrogen-bond acceptors (Lipinski definition) is 6. The summed E-state index contributed by atoms with van der Waals surface area (Å²) in [6.07, 6.45) is 5.54. The van der Waals surface area contributed by atoms with Gasteiger partial charge in [0.2, 0.25) is 0 Å². The molecule has 1 fully saturated rings. The van der Waals surface area contributed by atoms with Crippen LogP contribution in [-0.2, 0) is 4.74 Å². The average molecular weight is 336 g/mol. The van der Waals surface area contributed by atoms with E-state index in [4.69, 9.17) is 9.84 Å². The number of aliphatic hydroxyl groups is 4. The van der Waals surface area contributed by atoms with Crippen molar-refractivity contribution in [1.29, 1.82) is 0 Å². The summed E-state index contributed by atoms with van der Waals surface area (Å²) < 4.78 is 5.46. The number of rotatable bonds is 11. The summed E-state index contributed by atoms with van der Waals surface area (Å²) >= 11 is 1.45. The van der Waals surface area contributed by atoms with Gasteiger partial charge in [-0.2, -0.15) is 0 Å². The third-order valence-electron chi connectivity index (χ3n) is 4.13. The van der Waals surface area contributed by atoms with E-state index in [9.17, 15) is 15.3 Å². The average Bonchev–Trinajstić information content (AvgIpc) is 2.53. The van der Waals surface area contributed by atoms with Crippen LogP contribution in [0.1, 0.15) is 58.3 Å². The molecule has 0 radical (unpaired) electrons. The van der Waals surface area contributed by atoms with Crippen LogP contribution < -0.4 is 0 Å². The van der Waals surface area contributed by atoms with Gasteiger partial charge in [0.05, 0.1) is 6.61 Å². The third-order valence-corrected chi connectivity index (χ3v) is 5.37. The zero-order valence-electron chi connectivity index (χ0n) is 13.6. The van der Waals surface area contributed by atoms with E-state index >= 15 is 0 Å². The van der Waals surface area contributed by atoms with Crippen molar-refractivity contribution in [3.05, 3.63) is 0 Å². The standard InChI is InChI=1S/C16H32O5S/c1-2-3-4-5-6-7-8-9-10-22-16-15(20)14(19)13(18)12(11-17)21-16/h12-20H,2-11H2,1H3/t12-,13-,14+,15+,16-/m1/s1. The predicted octanol–water partition coefficient (Wildman–Crippen LogP) is 1.66. The minimum Gasteiger partial charge on any atom is -0.394 e. The molecule has 5 nitrogen and oxygen atoms in total. The minimum absolute atomic E-state index is 0.361. The smallest absolute Gasteiger partial charge is 0.132 e. The first-order chi connectivity index (χ1) is 10.6. The summed E-state index contributed by atoms with van der Waals surface area (Å²) in [6.45, 7) is 1.86. The fourth-order valence-electron chi connectivity index (χ4n) is 2.64. The van der Waals surface area contributed by atoms with Crippen molar-refractivity contribution in [2.75, 3.05) is 12.4 Å². The Morgan fingerprint density at radius 3 is 2.00 bits per heavy atom. The summed E-state index contributed by atoms with van der Waals surface area (Å²) in [5.74, 6) is 0.845. The molecule has 1 saturated heterocycles. The van der Waals surface area contributed by atoms with Crippen LogP contribution in [-0.4, -0.2) is 62.6 Å². The van der Waals surface area contributed by atoms with Crippen LogP contribution in [0.5, 0.6) is 0 Å². The highest BCUT2D eigenvalue weighted by molar-refractivity contribution is 7.99. The summed E-state index contributed by atoms with van der Waals surface area (Å²) in [5, 5.41) is 38.4. The van der Waals surface area contributed by atoms with Crippen molar-refractivity contribution in [1.82, 2.24) is 0 Å². The van der Waals surface area contributed by atoms with Crippen molar-refractivity contribution < 1.29 is 25.2 Å². The summed E-state index contributed by atoms with van der Waals surface area (Å²) in [5.41, 5.74) is -0.583. The third kappa shape index (κ3) is 6.72. The Morgan fingerprint density at radius 1 is 0.818 bits per heavy atom. The van der Waals surface area contributed by atoms with Crippen molar-refractivity contribution in [2.45, 2.75) is 88.1 Å². The number of thioether (sulfide) groups is 1. The highest BCUT2D eigenvalue weighted by Gasteiger charge is 2.43. The molecule has 1 aliphatic rings. The van der Waals surface area contributed by atoms with Gasteiger partial charge in [0.1, 0.15) is 29.9 Å². The molecule has 0 aromatic rings. The Balaban J connectivity index is 2.11. The van der Waals surface area contributed by atoms with Gasteiger partial charge >= 0.3 is 0 Å². The number of hydrogen-bond donors (Lipinski definition) is 4. The second kappa shape index (κ2) is 11.6. The van der Waals surface area contributed by atoms with E-state index < -0.39 is 29.9 Å². The maximum absolute atomic E-state index is 9.91. The van der Waals surface area contributed by atoms with Crippen LogP contribution >= 0.6 is 11.8 Å². The fraction of sp³-hybridized carbons (Fsp3) is 1.00. The molecule has 0 spiro atoms. The Bertz CT molecular complexity index is 277. The Hall–Kier alpha value is 0.150. The zero-order valence-corrected chi connectivity index (χ0v) is 14.4. The summed E-state index contributed by atoms with van der Waals surface area (Å²) in [7, 11) is 0.